The number of piperidine rings is 2. The van der Waals surface area contributed by atoms with Gasteiger partial charge in [-0.1, -0.05) is 6.92 Å². The maximum Gasteiger partial charge on any atom is 0.413 e. The molecule has 0 saturated carbocycles. The molecule has 0 bridgehead atoms. The Labute approximate surface area is 202 Å². The topological polar surface area (TPSA) is 104 Å². The van der Waals surface area contributed by atoms with Crippen molar-refractivity contribution < 1.29 is 19.1 Å². The summed E-state index contributed by atoms with van der Waals surface area (Å²) >= 11 is 0. The first-order valence-corrected chi connectivity index (χ1v) is 12.2. The van der Waals surface area contributed by atoms with Crippen molar-refractivity contribution >= 4 is 29.4 Å². The van der Waals surface area contributed by atoms with E-state index in [1.807, 2.05) is 0 Å². The second kappa shape index (κ2) is 10.7. The summed E-state index contributed by atoms with van der Waals surface area (Å²) in [4.78, 5) is 46.5. The Morgan fingerprint density at radius 2 is 1.85 bits per heavy atom. The van der Waals surface area contributed by atoms with Gasteiger partial charge in [0.1, 0.15) is 11.4 Å². The van der Waals surface area contributed by atoms with Crippen LogP contribution in [0.25, 0.3) is 0 Å². The monoisotopic (exact) mass is 473 g/mol. The van der Waals surface area contributed by atoms with Crippen molar-refractivity contribution in [3.05, 3.63) is 17.8 Å². The number of hydrogen-bond donors (Lipinski definition) is 2. The zero-order valence-corrected chi connectivity index (χ0v) is 21.3. The summed E-state index contributed by atoms with van der Waals surface area (Å²) in [6.07, 6.45) is 5.04. The van der Waals surface area contributed by atoms with Crippen LogP contribution in [0.4, 0.5) is 16.3 Å². The SMILES string of the molecule is Cc1cc(NC(=O)C(=O)N2C[C@@H](C)CC[C@@H]2C2CCCN(C)C2)cnc1NC(=O)OC(C)(C)C. The number of anilines is 2. The highest BCUT2D eigenvalue weighted by Crippen LogP contribution is 2.31. The van der Waals surface area contributed by atoms with Gasteiger partial charge in [0.25, 0.3) is 0 Å². The molecule has 0 spiro atoms. The van der Waals surface area contributed by atoms with E-state index in [9.17, 15) is 14.4 Å². The lowest BCUT2D eigenvalue weighted by Crippen LogP contribution is -2.55. The fourth-order valence-electron chi connectivity index (χ4n) is 4.91. The average Bonchev–Trinajstić information content (AvgIpc) is 2.73. The fraction of sp³-hybridized carbons (Fsp3) is 0.680. The van der Waals surface area contributed by atoms with E-state index in [2.05, 4.69) is 34.5 Å². The Morgan fingerprint density at radius 1 is 1.12 bits per heavy atom. The minimum Gasteiger partial charge on any atom is -0.444 e. The van der Waals surface area contributed by atoms with Crippen LogP contribution in [0.5, 0.6) is 0 Å². The maximum atomic E-state index is 13.2. The number of ether oxygens (including phenoxy) is 1. The number of nitrogens with one attached hydrogen (secondary N) is 2. The second-order valence-electron chi connectivity index (χ2n) is 10.8. The molecule has 3 rings (SSSR count). The summed E-state index contributed by atoms with van der Waals surface area (Å²) in [6.45, 7) is 11.9. The van der Waals surface area contributed by atoms with E-state index >= 15 is 0 Å². The molecule has 34 heavy (non-hydrogen) atoms. The van der Waals surface area contributed by atoms with Gasteiger partial charge < -0.3 is 19.9 Å². The largest absolute Gasteiger partial charge is 0.444 e. The van der Waals surface area contributed by atoms with Crippen LogP contribution in [0.3, 0.4) is 0 Å². The first kappa shape index (κ1) is 25.9. The van der Waals surface area contributed by atoms with E-state index in [1.165, 1.54) is 6.20 Å². The number of amides is 3. The van der Waals surface area contributed by atoms with Crippen LogP contribution in [-0.4, -0.2) is 71.0 Å². The molecule has 2 aliphatic heterocycles. The van der Waals surface area contributed by atoms with Gasteiger partial charge in [0.05, 0.1) is 11.9 Å². The fourth-order valence-corrected chi connectivity index (χ4v) is 4.91. The van der Waals surface area contributed by atoms with E-state index in [-0.39, 0.29) is 6.04 Å². The third-order valence-corrected chi connectivity index (χ3v) is 6.48. The van der Waals surface area contributed by atoms with E-state index in [0.29, 0.717) is 35.4 Å². The molecular formula is C25H39N5O4. The van der Waals surface area contributed by atoms with Gasteiger partial charge in [-0.2, -0.15) is 0 Å². The first-order valence-electron chi connectivity index (χ1n) is 12.2. The summed E-state index contributed by atoms with van der Waals surface area (Å²) in [5.74, 6) is -0.0396. The number of nitrogens with zero attached hydrogens (tertiary/aromatic N) is 3. The molecule has 9 nitrogen and oxygen atoms in total. The molecule has 188 valence electrons. The molecule has 0 radical (unpaired) electrons. The lowest BCUT2D eigenvalue weighted by Gasteiger charge is -2.45. The summed E-state index contributed by atoms with van der Waals surface area (Å²) in [6, 6.07) is 1.77. The van der Waals surface area contributed by atoms with Gasteiger partial charge in [-0.15, -0.1) is 0 Å². The predicted octanol–water partition coefficient (Wildman–Crippen LogP) is 3.64. The summed E-state index contributed by atoms with van der Waals surface area (Å²) in [5, 5.41) is 5.31. The van der Waals surface area contributed by atoms with Crippen molar-refractivity contribution in [3.8, 4) is 0 Å². The molecule has 2 saturated heterocycles. The van der Waals surface area contributed by atoms with Crippen LogP contribution in [0, 0.1) is 18.8 Å². The van der Waals surface area contributed by atoms with Crippen LogP contribution in [0.2, 0.25) is 0 Å². The van der Waals surface area contributed by atoms with Crippen molar-refractivity contribution in [2.45, 2.75) is 71.9 Å². The average molecular weight is 474 g/mol. The third kappa shape index (κ3) is 6.91. The molecule has 1 unspecified atom stereocenters. The molecule has 2 N–H and O–H groups in total. The minimum absolute atomic E-state index is 0.0949. The quantitative estimate of drug-likeness (QED) is 0.650. The Balaban J connectivity index is 1.66. The number of hydrogen-bond acceptors (Lipinski definition) is 6. The van der Waals surface area contributed by atoms with Crippen LogP contribution in [0.15, 0.2) is 12.3 Å². The molecule has 2 fully saturated rings. The van der Waals surface area contributed by atoms with Crippen molar-refractivity contribution in [2.24, 2.45) is 11.8 Å². The molecule has 3 heterocycles. The Hall–Kier alpha value is -2.68. The summed E-state index contributed by atoms with van der Waals surface area (Å²) in [7, 11) is 2.12. The third-order valence-electron chi connectivity index (χ3n) is 6.48. The van der Waals surface area contributed by atoms with Gasteiger partial charge in [0.15, 0.2) is 0 Å². The molecular weight excluding hydrogens is 434 g/mol. The minimum atomic E-state index is -0.655. The molecule has 0 aromatic carbocycles. The molecule has 1 aromatic rings. The standard InChI is InChI=1S/C25H39N5O4/c1-16-9-10-20(18-8-7-11-29(6)15-18)30(14-16)23(32)22(31)27-19-12-17(2)21(26-13-19)28-24(33)34-25(3,4)5/h12-13,16,18,20H,7-11,14-15H2,1-6H3,(H,27,31)(H,26,28,33)/t16-,18?,20+/m0/s1. The number of pyridine rings is 1. The lowest BCUT2D eigenvalue weighted by atomic mass is 9.82. The van der Waals surface area contributed by atoms with Crippen LogP contribution >= 0.6 is 0 Å². The molecule has 9 heteroatoms. The summed E-state index contributed by atoms with van der Waals surface area (Å²) < 4.78 is 5.25. The first-order chi connectivity index (χ1) is 15.9. The highest BCUT2D eigenvalue weighted by Gasteiger charge is 2.38. The maximum absolute atomic E-state index is 13.2. The number of aromatic nitrogens is 1. The van der Waals surface area contributed by atoms with Gasteiger partial charge in [0.2, 0.25) is 0 Å². The molecule has 0 aliphatic carbocycles. The van der Waals surface area contributed by atoms with Gasteiger partial charge in [0, 0.05) is 19.1 Å². The Kier molecular flexibility index (Phi) is 8.17. The predicted molar refractivity (Wildman–Crippen MR) is 132 cm³/mol. The highest BCUT2D eigenvalue weighted by molar-refractivity contribution is 6.39. The van der Waals surface area contributed by atoms with Crippen LogP contribution in [0.1, 0.15) is 58.9 Å². The van der Waals surface area contributed by atoms with E-state index in [4.69, 9.17) is 4.74 Å². The summed E-state index contributed by atoms with van der Waals surface area (Å²) in [5.41, 5.74) is 0.429. The van der Waals surface area contributed by atoms with Gasteiger partial charge in [-0.3, -0.25) is 14.9 Å². The molecule has 1 aromatic heterocycles. The zero-order chi connectivity index (χ0) is 25.0. The van der Waals surface area contributed by atoms with Crippen molar-refractivity contribution in [3.63, 3.8) is 0 Å². The van der Waals surface area contributed by atoms with E-state index < -0.39 is 23.5 Å². The molecule has 2 aliphatic rings. The normalized spacial score (nSPS) is 23.8. The van der Waals surface area contributed by atoms with Gasteiger partial charge >= 0.3 is 17.9 Å². The number of rotatable bonds is 3. The van der Waals surface area contributed by atoms with Crippen molar-refractivity contribution in [1.82, 2.24) is 14.8 Å². The molecule has 3 amide bonds. The van der Waals surface area contributed by atoms with Crippen molar-refractivity contribution in [1.29, 1.82) is 0 Å². The lowest BCUT2D eigenvalue weighted by molar-refractivity contribution is -0.148. The number of likely N-dealkylation sites (tertiary alicyclic amines) is 2. The number of aryl methyl sites for hydroxylation is 1. The zero-order valence-electron chi connectivity index (χ0n) is 21.3. The number of carbonyl (C=O) groups is 3. The smallest absolute Gasteiger partial charge is 0.413 e. The second-order valence-corrected chi connectivity index (χ2v) is 10.8. The van der Waals surface area contributed by atoms with Crippen molar-refractivity contribution in [2.75, 3.05) is 37.3 Å². The highest BCUT2D eigenvalue weighted by atomic mass is 16.6. The van der Waals surface area contributed by atoms with Crippen LogP contribution < -0.4 is 10.6 Å². The Morgan fingerprint density at radius 3 is 2.50 bits per heavy atom. The van der Waals surface area contributed by atoms with Crippen LogP contribution in [-0.2, 0) is 14.3 Å². The van der Waals surface area contributed by atoms with Gasteiger partial charge in [-0.05, 0) is 90.4 Å². The van der Waals surface area contributed by atoms with E-state index in [0.717, 1.165) is 38.8 Å². The van der Waals surface area contributed by atoms with Gasteiger partial charge in [-0.25, -0.2) is 9.78 Å². The number of carbonyl (C=O) groups excluding carboxylic acids is 3. The Bertz CT molecular complexity index is 913. The molecule has 3 atom stereocenters. The van der Waals surface area contributed by atoms with E-state index in [1.54, 1.807) is 38.7 Å².